The molecule has 2 N–H and O–H groups in total. The van der Waals surface area contributed by atoms with Crippen LogP contribution < -0.4 is 5.73 Å². The molecule has 0 aromatic carbocycles. The van der Waals surface area contributed by atoms with Gasteiger partial charge >= 0.3 is 0 Å². The number of hydrogen-bond donors (Lipinski definition) is 1. The summed E-state index contributed by atoms with van der Waals surface area (Å²) in [6, 6.07) is 0. The van der Waals surface area contributed by atoms with Crippen LogP contribution in [-0.2, 0) is 14.8 Å². The number of ether oxygens (including phenoxy) is 1. The monoisotopic (exact) mass is 268 g/mol. The molecule has 5 nitrogen and oxygen atoms in total. The summed E-state index contributed by atoms with van der Waals surface area (Å²) in [6.07, 6.45) is 0. The topological polar surface area (TPSA) is 72.6 Å². The average molecular weight is 268 g/mol. The lowest BCUT2D eigenvalue weighted by Crippen LogP contribution is -2.44. The van der Waals surface area contributed by atoms with Crippen molar-refractivity contribution in [1.82, 2.24) is 4.31 Å². The molecule has 0 spiro atoms. The number of nitrogens with zero attached hydrogens (tertiary/aromatic N) is 1. The first-order chi connectivity index (χ1) is 7.37. The second-order valence-electron chi connectivity index (χ2n) is 3.28. The predicted molar refractivity (Wildman–Crippen MR) is 68.9 cm³/mol. The summed E-state index contributed by atoms with van der Waals surface area (Å²) in [6.45, 7) is 6.82. The summed E-state index contributed by atoms with van der Waals surface area (Å²) < 4.78 is 30.5. The van der Waals surface area contributed by atoms with Crippen LogP contribution in [0.2, 0.25) is 0 Å². The largest absolute Gasteiger partial charge is 0.392 e. The van der Waals surface area contributed by atoms with Gasteiger partial charge in [-0.2, -0.15) is 4.31 Å². The second-order valence-corrected chi connectivity index (χ2v) is 6.00. The van der Waals surface area contributed by atoms with E-state index in [2.05, 4.69) is 0 Å². The normalized spacial score (nSPS) is 14.0. The molecule has 0 saturated heterocycles. The van der Waals surface area contributed by atoms with Crippen LogP contribution in [0.15, 0.2) is 0 Å². The highest BCUT2D eigenvalue weighted by atomic mass is 32.2. The van der Waals surface area contributed by atoms with Crippen LogP contribution >= 0.6 is 12.2 Å². The SMILES string of the molecule is CCOCCN(CC)S(=O)(=O)C(C)C(N)=S. The first-order valence-electron chi connectivity index (χ1n) is 5.23. The Bertz CT molecular complexity index is 317. The van der Waals surface area contributed by atoms with Crippen molar-refractivity contribution in [2.24, 2.45) is 5.73 Å². The second kappa shape index (κ2) is 7.16. The van der Waals surface area contributed by atoms with Gasteiger partial charge in [-0.3, -0.25) is 0 Å². The lowest BCUT2D eigenvalue weighted by molar-refractivity contribution is 0.135. The van der Waals surface area contributed by atoms with E-state index in [1.54, 1.807) is 6.92 Å². The zero-order chi connectivity index (χ0) is 12.8. The Labute approximate surface area is 103 Å². The van der Waals surface area contributed by atoms with Crippen molar-refractivity contribution < 1.29 is 13.2 Å². The average Bonchev–Trinajstić information content (AvgIpc) is 2.22. The van der Waals surface area contributed by atoms with Gasteiger partial charge in [-0.15, -0.1) is 0 Å². The highest BCUT2D eigenvalue weighted by Crippen LogP contribution is 2.09. The van der Waals surface area contributed by atoms with Crippen LogP contribution in [-0.4, -0.2) is 49.3 Å². The number of hydrogen-bond acceptors (Lipinski definition) is 4. The molecule has 0 aromatic heterocycles. The molecular weight excluding hydrogens is 248 g/mol. The molecule has 96 valence electrons. The molecule has 0 bridgehead atoms. The Morgan fingerprint density at radius 3 is 2.44 bits per heavy atom. The third-order valence-corrected chi connectivity index (χ3v) is 5.06. The fourth-order valence-electron chi connectivity index (χ4n) is 1.15. The van der Waals surface area contributed by atoms with Gasteiger partial charge in [0.15, 0.2) is 0 Å². The Kier molecular flexibility index (Phi) is 7.05. The summed E-state index contributed by atoms with van der Waals surface area (Å²) >= 11 is 4.71. The van der Waals surface area contributed by atoms with Crippen LogP contribution in [0.25, 0.3) is 0 Å². The van der Waals surface area contributed by atoms with Gasteiger partial charge in [0.25, 0.3) is 0 Å². The van der Waals surface area contributed by atoms with Gasteiger partial charge in [0, 0.05) is 19.7 Å². The van der Waals surface area contributed by atoms with Crippen molar-refractivity contribution in [2.75, 3.05) is 26.3 Å². The summed E-state index contributed by atoms with van der Waals surface area (Å²) in [5.74, 6) is 0. The predicted octanol–water partition coefficient (Wildman–Crippen LogP) is 0.349. The molecule has 0 aliphatic rings. The zero-order valence-electron chi connectivity index (χ0n) is 9.97. The van der Waals surface area contributed by atoms with Crippen LogP contribution in [0, 0.1) is 0 Å². The van der Waals surface area contributed by atoms with E-state index < -0.39 is 15.3 Å². The first-order valence-corrected chi connectivity index (χ1v) is 7.15. The smallest absolute Gasteiger partial charge is 0.223 e. The molecule has 0 radical (unpaired) electrons. The van der Waals surface area contributed by atoms with Gasteiger partial charge in [0.2, 0.25) is 10.0 Å². The fourth-order valence-corrected chi connectivity index (χ4v) is 2.94. The minimum atomic E-state index is -3.44. The summed E-state index contributed by atoms with van der Waals surface area (Å²) in [5, 5.41) is -0.830. The highest BCUT2D eigenvalue weighted by molar-refractivity contribution is 7.92. The van der Waals surface area contributed by atoms with E-state index in [4.69, 9.17) is 22.7 Å². The van der Waals surface area contributed by atoms with E-state index >= 15 is 0 Å². The van der Waals surface area contributed by atoms with Gasteiger partial charge < -0.3 is 10.5 Å². The number of nitrogens with two attached hydrogens (primary N) is 1. The first kappa shape index (κ1) is 15.8. The van der Waals surface area contributed by atoms with Gasteiger partial charge in [0.1, 0.15) is 5.25 Å². The van der Waals surface area contributed by atoms with E-state index in [1.165, 1.54) is 11.2 Å². The zero-order valence-corrected chi connectivity index (χ0v) is 11.6. The van der Waals surface area contributed by atoms with Crippen LogP contribution in [0.3, 0.4) is 0 Å². The molecular formula is C9H20N2O3S2. The standard InChI is InChI=1S/C9H20N2O3S2/c1-4-11(6-7-14-5-2)16(12,13)8(3)9(10)15/h8H,4-7H2,1-3H3,(H2,10,15). The number of thiocarbonyl (C=S) groups is 1. The third-order valence-electron chi connectivity index (χ3n) is 2.25. The van der Waals surface area contributed by atoms with Crippen molar-refractivity contribution >= 4 is 27.2 Å². The number of sulfonamides is 1. The summed E-state index contributed by atoms with van der Waals surface area (Å²) in [7, 11) is -3.44. The molecule has 0 heterocycles. The Hall–Kier alpha value is -0.240. The fraction of sp³-hybridized carbons (Fsp3) is 0.889. The molecule has 0 amide bonds. The van der Waals surface area contributed by atoms with E-state index in [9.17, 15) is 8.42 Å². The molecule has 1 unspecified atom stereocenters. The van der Waals surface area contributed by atoms with Crippen LogP contribution in [0.5, 0.6) is 0 Å². The molecule has 0 saturated carbocycles. The van der Waals surface area contributed by atoms with Crippen molar-refractivity contribution in [3.8, 4) is 0 Å². The van der Waals surface area contributed by atoms with Crippen LogP contribution in [0.4, 0.5) is 0 Å². The molecule has 0 aliphatic heterocycles. The molecule has 0 aromatic rings. The number of likely N-dealkylation sites (N-methyl/N-ethyl adjacent to an activating group) is 1. The van der Waals surface area contributed by atoms with Gasteiger partial charge in [-0.25, -0.2) is 8.42 Å². The maximum atomic E-state index is 12.0. The molecule has 7 heteroatoms. The van der Waals surface area contributed by atoms with E-state index in [1.807, 2.05) is 6.92 Å². The number of rotatable bonds is 8. The lowest BCUT2D eigenvalue weighted by atomic mass is 10.5. The Morgan fingerprint density at radius 1 is 1.50 bits per heavy atom. The minimum Gasteiger partial charge on any atom is -0.392 e. The van der Waals surface area contributed by atoms with E-state index in [0.29, 0.717) is 26.3 Å². The maximum absolute atomic E-state index is 12.0. The van der Waals surface area contributed by atoms with Crippen LogP contribution in [0.1, 0.15) is 20.8 Å². The molecule has 1 atom stereocenters. The minimum absolute atomic E-state index is 0.00476. The van der Waals surface area contributed by atoms with Crippen molar-refractivity contribution in [1.29, 1.82) is 0 Å². The van der Waals surface area contributed by atoms with Gasteiger partial charge in [-0.1, -0.05) is 19.1 Å². The van der Waals surface area contributed by atoms with Gasteiger partial charge in [-0.05, 0) is 13.8 Å². The van der Waals surface area contributed by atoms with E-state index in [0.717, 1.165) is 0 Å². The van der Waals surface area contributed by atoms with Crippen molar-refractivity contribution in [3.05, 3.63) is 0 Å². The maximum Gasteiger partial charge on any atom is 0.223 e. The Balaban J connectivity index is 4.61. The molecule has 0 fully saturated rings. The van der Waals surface area contributed by atoms with Crippen molar-refractivity contribution in [3.63, 3.8) is 0 Å². The van der Waals surface area contributed by atoms with E-state index in [-0.39, 0.29) is 4.99 Å². The highest BCUT2D eigenvalue weighted by Gasteiger charge is 2.29. The third kappa shape index (κ3) is 4.32. The summed E-state index contributed by atoms with van der Waals surface area (Å²) in [5.41, 5.74) is 5.36. The molecule has 0 aliphatic carbocycles. The summed E-state index contributed by atoms with van der Waals surface area (Å²) in [4.78, 5) is -0.00476. The molecule has 16 heavy (non-hydrogen) atoms. The Morgan fingerprint density at radius 2 is 2.06 bits per heavy atom. The van der Waals surface area contributed by atoms with Gasteiger partial charge in [0.05, 0.1) is 11.6 Å². The quantitative estimate of drug-likeness (QED) is 0.508. The van der Waals surface area contributed by atoms with Crippen molar-refractivity contribution in [2.45, 2.75) is 26.0 Å². The molecule has 0 rings (SSSR count). The lowest BCUT2D eigenvalue weighted by Gasteiger charge is -2.23.